The molecule has 1 heteroatoms. The molecule has 0 aromatic carbocycles. The molecule has 0 radical (unpaired) electrons. The summed E-state index contributed by atoms with van der Waals surface area (Å²) in [6.07, 6.45) is 7.84. The van der Waals surface area contributed by atoms with Gasteiger partial charge in [0, 0.05) is 0 Å². The summed E-state index contributed by atoms with van der Waals surface area (Å²) >= 11 is -0.780. The van der Waals surface area contributed by atoms with Gasteiger partial charge in [-0.05, 0) is 25.7 Å². The predicted molar refractivity (Wildman–Crippen MR) is 80.7 cm³/mol. The van der Waals surface area contributed by atoms with Crippen molar-refractivity contribution in [2.24, 2.45) is 11.8 Å². The molecule has 0 aliphatic heterocycles. The van der Waals surface area contributed by atoms with Crippen molar-refractivity contribution in [3.05, 3.63) is 22.7 Å². The van der Waals surface area contributed by atoms with Crippen LogP contribution < -0.4 is 0 Å². The van der Waals surface area contributed by atoms with Crippen LogP contribution in [0.25, 0.3) is 0 Å². The van der Waals surface area contributed by atoms with Crippen molar-refractivity contribution >= 4 is 14.1 Å². The summed E-state index contributed by atoms with van der Waals surface area (Å²) < 4.78 is 1.59. The lowest BCUT2D eigenvalue weighted by molar-refractivity contribution is 0.687. The van der Waals surface area contributed by atoms with Crippen LogP contribution in [0.5, 0.6) is 0 Å². The molecule has 1 rings (SSSR count). The molecule has 0 atom stereocenters. The van der Waals surface area contributed by atoms with Crippen molar-refractivity contribution in [2.45, 2.75) is 63.9 Å². The van der Waals surface area contributed by atoms with Crippen molar-refractivity contribution in [2.75, 3.05) is 0 Å². The van der Waals surface area contributed by atoms with Crippen molar-refractivity contribution in [3.8, 4) is 0 Å². The smallest absolute Gasteiger partial charge is 0.115 e. The van der Waals surface area contributed by atoms with Gasteiger partial charge in [0.15, 0.2) is 0 Å². The van der Waals surface area contributed by atoms with Crippen LogP contribution >= 0.6 is 0 Å². The van der Waals surface area contributed by atoms with Crippen LogP contribution in [-0.2, 0) is 0 Å². The first kappa shape index (κ1) is 15.1. The lowest BCUT2D eigenvalue weighted by Gasteiger charge is -2.23. The summed E-state index contributed by atoms with van der Waals surface area (Å²) in [6, 6.07) is 0. The third kappa shape index (κ3) is 5.45. The standard InChI is InChI=1S/C8H11.2C4H9.Al/c1-2-8-6-4-3-5-7-8;2*1-4(2)3;/h6H,1,3-5,7H2;2*4H,1H2,2-3H3;. The van der Waals surface area contributed by atoms with E-state index in [0.29, 0.717) is 0 Å². The van der Waals surface area contributed by atoms with E-state index in [2.05, 4.69) is 40.3 Å². The van der Waals surface area contributed by atoms with Gasteiger partial charge >= 0.3 is 14.1 Å². The van der Waals surface area contributed by atoms with Crippen LogP contribution in [0.3, 0.4) is 0 Å². The van der Waals surface area contributed by atoms with Gasteiger partial charge in [-0.2, -0.15) is 0 Å². The van der Waals surface area contributed by atoms with Gasteiger partial charge in [0.2, 0.25) is 0 Å². The third-order valence-electron chi connectivity index (χ3n) is 3.71. The summed E-state index contributed by atoms with van der Waals surface area (Å²) in [7, 11) is 0. The fourth-order valence-corrected chi connectivity index (χ4v) is 6.73. The molecule has 0 N–H and O–H groups in total. The summed E-state index contributed by atoms with van der Waals surface area (Å²) in [4.78, 5) is 0. The van der Waals surface area contributed by atoms with E-state index >= 15 is 0 Å². The second kappa shape index (κ2) is 7.45. The summed E-state index contributed by atoms with van der Waals surface area (Å²) in [6.45, 7) is 13.9. The number of allylic oxidation sites excluding steroid dienone is 3. The Bertz CT molecular complexity index is 263. The van der Waals surface area contributed by atoms with Crippen LogP contribution in [0.1, 0.15) is 53.4 Å². The predicted octanol–water partition coefficient (Wildman–Crippen LogP) is 5.39. The van der Waals surface area contributed by atoms with Gasteiger partial charge in [0.05, 0.1) is 0 Å². The van der Waals surface area contributed by atoms with E-state index in [4.69, 9.17) is 0 Å². The Hall–Kier alpha value is 0.0125. The molecule has 0 saturated heterocycles. The lowest BCUT2D eigenvalue weighted by Crippen LogP contribution is -2.22. The van der Waals surface area contributed by atoms with E-state index in [-0.39, 0.29) is 0 Å². The van der Waals surface area contributed by atoms with Gasteiger partial charge < -0.3 is 0 Å². The molecule has 0 heterocycles. The second-order valence-electron chi connectivity index (χ2n) is 6.46. The highest BCUT2D eigenvalue weighted by molar-refractivity contribution is 6.67. The Morgan fingerprint density at radius 3 is 2.18 bits per heavy atom. The molecule has 0 unspecified atom stereocenters. The average Bonchev–Trinajstić information content (AvgIpc) is 2.27. The molecule has 96 valence electrons. The minimum atomic E-state index is -0.780. The summed E-state index contributed by atoms with van der Waals surface area (Å²) in [5.41, 5.74) is 1.63. The molecule has 0 nitrogen and oxygen atoms in total. The van der Waals surface area contributed by atoms with Crippen LogP contribution in [0.2, 0.25) is 10.6 Å². The SMILES string of the molecule is C=[C](C1=CCCCC1)[Al]([CH2]C(C)C)[CH2]C(C)C. The Morgan fingerprint density at radius 1 is 1.18 bits per heavy atom. The van der Waals surface area contributed by atoms with E-state index in [1.165, 1.54) is 36.2 Å². The van der Waals surface area contributed by atoms with E-state index in [9.17, 15) is 0 Å². The molecule has 1 aliphatic carbocycles. The van der Waals surface area contributed by atoms with Gasteiger partial charge in [-0.15, -0.1) is 11.0 Å². The highest BCUT2D eigenvalue weighted by Gasteiger charge is 2.25. The Kier molecular flexibility index (Phi) is 6.60. The van der Waals surface area contributed by atoms with Gasteiger partial charge in [-0.25, -0.2) is 0 Å². The molecule has 0 aromatic heterocycles. The highest BCUT2D eigenvalue weighted by atomic mass is 27.2. The molecule has 17 heavy (non-hydrogen) atoms. The minimum absolute atomic E-state index is 0.780. The van der Waals surface area contributed by atoms with Gasteiger partial charge in [0.25, 0.3) is 0 Å². The highest BCUT2D eigenvalue weighted by Crippen LogP contribution is 2.29. The summed E-state index contributed by atoms with van der Waals surface area (Å²) in [5, 5.41) is 2.88. The lowest BCUT2D eigenvalue weighted by atomic mass is 10.00. The number of hydrogen-bond donors (Lipinski definition) is 0. The maximum absolute atomic E-state index is 4.48. The Morgan fingerprint density at radius 2 is 1.76 bits per heavy atom. The topological polar surface area (TPSA) is 0 Å². The fourth-order valence-electron chi connectivity index (χ4n) is 2.91. The molecule has 0 saturated carbocycles. The zero-order chi connectivity index (χ0) is 12.8. The van der Waals surface area contributed by atoms with Crippen LogP contribution in [0.4, 0.5) is 0 Å². The van der Waals surface area contributed by atoms with Crippen molar-refractivity contribution in [1.29, 1.82) is 0 Å². The molecule has 0 fully saturated rings. The fraction of sp³-hybridized carbons (Fsp3) is 0.750. The maximum Gasteiger partial charge on any atom is 0.305 e. The van der Waals surface area contributed by atoms with Gasteiger partial charge in [-0.1, -0.05) is 61.7 Å². The van der Waals surface area contributed by atoms with Crippen molar-refractivity contribution in [1.82, 2.24) is 0 Å². The van der Waals surface area contributed by atoms with Crippen LogP contribution in [0, 0.1) is 11.8 Å². The quantitative estimate of drug-likeness (QED) is 0.553. The second-order valence-corrected chi connectivity index (χ2v) is 9.49. The Balaban J connectivity index is 2.67. The van der Waals surface area contributed by atoms with Gasteiger partial charge in [-0.3, -0.25) is 0 Å². The zero-order valence-corrected chi connectivity index (χ0v) is 13.4. The van der Waals surface area contributed by atoms with E-state index < -0.39 is 14.1 Å². The van der Waals surface area contributed by atoms with Gasteiger partial charge in [0.1, 0.15) is 0 Å². The minimum Gasteiger partial charge on any atom is -0.115 e. The average molecular weight is 248 g/mol. The zero-order valence-electron chi connectivity index (χ0n) is 12.3. The molecular weight excluding hydrogens is 219 g/mol. The Labute approximate surface area is 113 Å². The molecule has 0 amide bonds. The van der Waals surface area contributed by atoms with Crippen molar-refractivity contribution in [3.63, 3.8) is 0 Å². The van der Waals surface area contributed by atoms with E-state index in [1.807, 2.05) is 0 Å². The molecule has 1 aliphatic rings. The van der Waals surface area contributed by atoms with Crippen LogP contribution in [-0.4, -0.2) is 14.1 Å². The molecule has 0 spiro atoms. The van der Waals surface area contributed by atoms with E-state index in [0.717, 1.165) is 11.8 Å². The van der Waals surface area contributed by atoms with Crippen molar-refractivity contribution < 1.29 is 0 Å². The first-order chi connectivity index (χ1) is 8.00. The molecule has 0 bridgehead atoms. The molecular formula is C16H29Al. The molecule has 0 aromatic rings. The van der Waals surface area contributed by atoms with E-state index in [1.54, 1.807) is 10.0 Å². The first-order valence-electron chi connectivity index (χ1n) is 7.39. The van der Waals surface area contributed by atoms with Crippen LogP contribution in [0.15, 0.2) is 22.7 Å². The largest absolute Gasteiger partial charge is 0.305 e. The third-order valence-corrected chi connectivity index (χ3v) is 8.09. The number of rotatable bonds is 6. The normalized spacial score (nSPS) is 16.2. The monoisotopic (exact) mass is 248 g/mol. The summed E-state index contributed by atoms with van der Waals surface area (Å²) in [5.74, 6) is 1.68. The maximum atomic E-state index is 4.48. The first-order valence-corrected chi connectivity index (χ1v) is 9.60. The number of hydrogen-bond acceptors (Lipinski definition) is 0.